The predicted octanol–water partition coefficient (Wildman–Crippen LogP) is 1.86. The highest BCUT2D eigenvalue weighted by Crippen LogP contribution is 2.15. The molecule has 0 aliphatic carbocycles. The summed E-state index contributed by atoms with van der Waals surface area (Å²) in [6.45, 7) is 1.60. The number of imide groups is 1. The van der Waals surface area contributed by atoms with Crippen LogP contribution < -0.4 is 10.6 Å². The number of nitrogens with one attached hydrogen (secondary N) is 2. The minimum atomic E-state index is -0.607. The summed E-state index contributed by atoms with van der Waals surface area (Å²) < 4.78 is 1.82. The zero-order valence-electron chi connectivity index (χ0n) is 13.9. The summed E-state index contributed by atoms with van der Waals surface area (Å²) in [5.74, 6) is -0.960. The molecule has 1 aliphatic rings. The number of benzene rings is 1. The molecule has 128 valence electrons. The Balaban J connectivity index is 1.68. The van der Waals surface area contributed by atoms with E-state index in [-0.39, 0.29) is 12.2 Å². The number of aromatic nitrogens is 1. The number of aryl methyl sites for hydroxylation is 2. The highest BCUT2D eigenvalue weighted by molar-refractivity contribution is 6.15. The highest BCUT2D eigenvalue weighted by Gasteiger charge is 2.35. The van der Waals surface area contributed by atoms with Crippen molar-refractivity contribution in [3.63, 3.8) is 0 Å². The number of urea groups is 1. The number of hydrogen-bond acceptors (Lipinski definition) is 3. The van der Waals surface area contributed by atoms with Crippen molar-refractivity contribution in [2.75, 3.05) is 11.9 Å². The fourth-order valence-corrected chi connectivity index (χ4v) is 2.47. The SMILES string of the molecule is Cc1ccc(NC(=O)CN2C(=O)N/C(=C/c3cccn3C)C2=O)cc1. The second-order valence-electron chi connectivity index (χ2n) is 5.84. The molecule has 1 saturated heterocycles. The van der Waals surface area contributed by atoms with Gasteiger partial charge in [-0.2, -0.15) is 0 Å². The number of anilines is 1. The molecule has 0 bridgehead atoms. The zero-order valence-corrected chi connectivity index (χ0v) is 13.9. The average molecular weight is 338 g/mol. The van der Waals surface area contributed by atoms with Crippen LogP contribution in [0, 0.1) is 6.92 Å². The Labute approximate surface area is 144 Å². The van der Waals surface area contributed by atoms with Crippen LogP contribution >= 0.6 is 0 Å². The fourth-order valence-electron chi connectivity index (χ4n) is 2.47. The Bertz CT molecular complexity index is 865. The molecule has 3 rings (SSSR count). The molecule has 2 aromatic rings. The number of hydrogen-bond donors (Lipinski definition) is 2. The molecule has 0 radical (unpaired) electrons. The van der Waals surface area contributed by atoms with Crippen molar-refractivity contribution in [1.82, 2.24) is 14.8 Å². The Kier molecular flexibility index (Phi) is 4.38. The molecule has 2 heterocycles. The van der Waals surface area contributed by atoms with Gasteiger partial charge in [0.15, 0.2) is 0 Å². The lowest BCUT2D eigenvalue weighted by molar-refractivity contribution is -0.127. The second-order valence-corrected chi connectivity index (χ2v) is 5.84. The molecule has 4 amide bonds. The maximum atomic E-state index is 12.4. The molecule has 1 aromatic heterocycles. The third kappa shape index (κ3) is 3.60. The van der Waals surface area contributed by atoms with Gasteiger partial charge in [0.25, 0.3) is 5.91 Å². The minimum Gasteiger partial charge on any atom is -0.351 e. The zero-order chi connectivity index (χ0) is 18.0. The van der Waals surface area contributed by atoms with Crippen molar-refractivity contribution in [2.45, 2.75) is 6.92 Å². The second kappa shape index (κ2) is 6.64. The van der Waals surface area contributed by atoms with E-state index in [2.05, 4.69) is 10.6 Å². The van der Waals surface area contributed by atoms with Gasteiger partial charge in [0.2, 0.25) is 5.91 Å². The topological polar surface area (TPSA) is 83.4 Å². The van der Waals surface area contributed by atoms with Gasteiger partial charge in [-0.15, -0.1) is 0 Å². The first-order chi connectivity index (χ1) is 11.9. The smallest absolute Gasteiger partial charge is 0.329 e. The molecule has 0 unspecified atom stereocenters. The van der Waals surface area contributed by atoms with Crippen LogP contribution in [0.5, 0.6) is 0 Å². The van der Waals surface area contributed by atoms with Crippen LogP contribution in [0.1, 0.15) is 11.3 Å². The van der Waals surface area contributed by atoms with Crippen LogP contribution in [-0.4, -0.2) is 33.9 Å². The van der Waals surface area contributed by atoms with E-state index in [9.17, 15) is 14.4 Å². The van der Waals surface area contributed by atoms with Crippen LogP contribution in [0.3, 0.4) is 0 Å². The maximum absolute atomic E-state index is 12.4. The Hall–Kier alpha value is -3.35. The third-order valence-electron chi connectivity index (χ3n) is 3.88. The molecule has 25 heavy (non-hydrogen) atoms. The quantitative estimate of drug-likeness (QED) is 0.659. The summed E-state index contributed by atoms with van der Waals surface area (Å²) in [5, 5.41) is 5.17. The van der Waals surface area contributed by atoms with Crippen LogP contribution in [0.4, 0.5) is 10.5 Å². The standard InChI is InChI=1S/C18H18N4O3/c1-12-5-7-13(8-6-12)19-16(23)11-22-17(24)15(20-18(22)25)10-14-4-3-9-21(14)2/h3-10H,11H2,1-2H3,(H,19,23)(H,20,25)/b15-10+. The van der Waals surface area contributed by atoms with E-state index in [1.54, 1.807) is 18.2 Å². The van der Waals surface area contributed by atoms with E-state index in [4.69, 9.17) is 0 Å². The lowest BCUT2D eigenvalue weighted by Gasteiger charge is -2.12. The van der Waals surface area contributed by atoms with E-state index in [0.29, 0.717) is 5.69 Å². The minimum absolute atomic E-state index is 0.148. The van der Waals surface area contributed by atoms with Crippen LogP contribution in [-0.2, 0) is 16.6 Å². The van der Waals surface area contributed by atoms with E-state index < -0.39 is 17.8 Å². The normalized spacial score (nSPS) is 15.6. The van der Waals surface area contributed by atoms with Crippen molar-refractivity contribution in [3.05, 3.63) is 59.5 Å². The number of amides is 4. The Morgan fingerprint density at radius 3 is 2.56 bits per heavy atom. The summed E-state index contributed by atoms with van der Waals surface area (Å²) in [4.78, 5) is 37.4. The molecule has 7 heteroatoms. The monoisotopic (exact) mass is 338 g/mol. The van der Waals surface area contributed by atoms with Gasteiger partial charge in [0.05, 0.1) is 0 Å². The fraction of sp³-hybridized carbons (Fsp3) is 0.167. The number of nitrogens with zero attached hydrogens (tertiary/aromatic N) is 2. The third-order valence-corrected chi connectivity index (χ3v) is 3.88. The molecule has 1 fully saturated rings. The summed E-state index contributed by atoms with van der Waals surface area (Å²) in [6.07, 6.45) is 3.42. The van der Waals surface area contributed by atoms with Gasteiger partial charge in [-0.05, 0) is 37.3 Å². The van der Waals surface area contributed by atoms with Crippen LogP contribution in [0.2, 0.25) is 0 Å². The van der Waals surface area contributed by atoms with E-state index >= 15 is 0 Å². The van der Waals surface area contributed by atoms with Gasteiger partial charge >= 0.3 is 6.03 Å². The van der Waals surface area contributed by atoms with Crippen LogP contribution in [0.25, 0.3) is 6.08 Å². The molecule has 2 N–H and O–H groups in total. The Morgan fingerprint density at radius 1 is 1.20 bits per heavy atom. The van der Waals surface area contributed by atoms with Gasteiger partial charge in [-0.3, -0.25) is 9.59 Å². The van der Waals surface area contributed by atoms with Gasteiger partial charge in [0.1, 0.15) is 12.2 Å². The lowest BCUT2D eigenvalue weighted by atomic mass is 10.2. The molecule has 7 nitrogen and oxygen atoms in total. The van der Waals surface area contributed by atoms with Gasteiger partial charge < -0.3 is 15.2 Å². The largest absolute Gasteiger partial charge is 0.351 e. The summed E-state index contributed by atoms with van der Waals surface area (Å²) in [5.41, 5.74) is 2.61. The highest BCUT2D eigenvalue weighted by atomic mass is 16.2. The number of rotatable bonds is 4. The molecule has 0 saturated carbocycles. The van der Waals surface area contributed by atoms with E-state index in [1.807, 2.05) is 49.0 Å². The molecule has 0 spiro atoms. The molecular weight excluding hydrogens is 320 g/mol. The molecule has 1 aliphatic heterocycles. The van der Waals surface area contributed by atoms with E-state index in [1.165, 1.54) is 0 Å². The van der Waals surface area contributed by atoms with Gasteiger partial charge in [0, 0.05) is 24.6 Å². The van der Waals surface area contributed by atoms with Crippen molar-refractivity contribution in [2.24, 2.45) is 7.05 Å². The molecular formula is C18H18N4O3. The first-order valence-electron chi connectivity index (χ1n) is 7.76. The van der Waals surface area contributed by atoms with Gasteiger partial charge in [-0.25, -0.2) is 9.69 Å². The number of carbonyl (C=O) groups is 3. The average Bonchev–Trinajstić information content (AvgIpc) is 3.08. The van der Waals surface area contributed by atoms with E-state index in [0.717, 1.165) is 16.2 Å². The summed E-state index contributed by atoms with van der Waals surface area (Å²) in [6, 6.07) is 10.3. The molecule has 1 aromatic carbocycles. The van der Waals surface area contributed by atoms with Crippen molar-refractivity contribution >= 4 is 29.6 Å². The first kappa shape index (κ1) is 16.5. The predicted molar refractivity (Wildman–Crippen MR) is 93.4 cm³/mol. The Morgan fingerprint density at radius 2 is 1.92 bits per heavy atom. The first-order valence-corrected chi connectivity index (χ1v) is 7.76. The number of carbonyl (C=O) groups excluding carboxylic acids is 3. The van der Waals surface area contributed by atoms with Crippen molar-refractivity contribution < 1.29 is 14.4 Å². The maximum Gasteiger partial charge on any atom is 0.329 e. The molecule has 0 atom stereocenters. The van der Waals surface area contributed by atoms with Crippen LogP contribution in [0.15, 0.2) is 48.3 Å². The summed E-state index contributed by atoms with van der Waals surface area (Å²) >= 11 is 0. The summed E-state index contributed by atoms with van der Waals surface area (Å²) in [7, 11) is 1.83. The van der Waals surface area contributed by atoms with Crippen molar-refractivity contribution in [3.8, 4) is 0 Å². The van der Waals surface area contributed by atoms with Gasteiger partial charge in [-0.1, -0.05) is 17.7 Å². The van der Waals surface area contributed by atoms with Crippen molar-refractivity contribution in [1.29, 1.82) is 0 Å². The lowest BCUT2D eigenvalue weighted by Crippen LogP contribution is -2.38.